The molecule has 0 aliphatic carbocycles. The van der Waals surface area contributed by atoms with E-state index < -0.39 is 17.7 Å². The van der Waals surface area contributed by atoms with E-state index in [1.54, 1.807) is 13.8 Å². The summed E-state index contributed by atoms with van der Waals surface area (Å²) in [5, 5.41) is 0. The van der Waals surface area contributed by atoms with Crippen LogP contribution in [0.2, 0.25) is 0 Å². The van der Waals surface area contributed by atoms with Gasteiger partial charge in [0.1, 0.15) is 0 Å². The first-order valence-electron chi connectivity index (χ1n) is 4.57. The van der Waals surface area contributed by atoms with Gasteiger partial charge in [-0.05, 0) is 13.8 Å². The normalized spacial score (nSPS) is 9.20. The Morgan fingerprint density at radius 2 is 1.47 bits per heavy atom. The highest BCUT2D eigenvalue weighted by atomic mass is 16.5. The summed E-state index contributed by atoms with van der Waals surface area (Å²) < 4.78 is 9.06. The minimum atomic E-state index is -0.956. The van der Waals surface area contributed by atoms with Crippen molar-refractivity contribution in [2.75, 3.05) is 13.2 Å². The first kappa shape index (κ1) is 13.4. The van der Waals surface area contributed by atoms with Crippen molar-refractivity contribution >= 4 is 17.7 Å². The molecule has 0 fully saturated rings. The van der Waals surface area contributed by atoms with Gasteiger partial charge in [0, 0.05) is 12.0 Å². The Bertz CT molecular complexity index is 252. The molecule has 0 saturated heterocycles. The Hall–Kier alpha value is -1.65. The molecule has 84 valence electrons. The SMILES string of the molecule is C=C(CC(=O)C(=O)OCC)C(=O)OCC. The first-order chi connectivity index (χ1) is 7.02. The van der Waals surface area contributed by atoms with Gasteiger partial charge in [-0.2, -0.15) is 0 Å². The second kappa shape index (κ2) is 6.75. The van der Waals surface area contributed by atoms with Crippen LogP contribution >= 0.6 is 0 Å². The molecule has 0 heterocycles. The fourth-order valence-corrected chi connectivity index (χ4v) is 0.783. The molecule has 0 aromatic rings. The minimum Gasteiger partial charge on any atom is -0.463 e. The molecule has 15 heavy (non-hydrogen) atoms. The van der Waals surface area contributed by atoms with Crippen LogP contribution in [0, 0.1) is 0 Å². The fourth-order valence-electron chi connectivity index (χ4n) is 0.783. The second-order valence-corrected chi connectivity index (χ2v) is 2.64. The number of Topliss-reactive ketones (excluding diaryl/α,β-unsaturated/α-hetero) is 1. The van der Waals surface area contributed by atoms with Crippen molar-refractivity contribution in [2.24, 2.45) is 0 Å². The van der Waals surface area contributed by atoms with E-state index in [1.165, 1.54) is 0 Å². The van der Waals surface area contributed by atoms with Gasteiger partial charge in [0.2, 0.25) is 5.78 Å². The summed E-state index contributed by atoms with van der Waals surface area (Å²) in [6, 6.07) is 0. The van der Waals surface area contributed by atoms with E-state index in [0.717, 1.165) is 0 Å². The number of esters is 2. The van der Waals surface area contributed by atoms with Gasteiger partial charge in [-0.1, -0.05) is 6.58 Å². The highest BCUT2D eigenvalue weighted by Gasteiger charge is 2.19. The molecular weight excluding hydrogens is 200 g/mol. The number of ketones is 1. The third kappa shape index (κ3) is 4.95. The molecule has 0 aromatic heterocycles. The van der Waals surface area contributed by atoms with Gasteiger partial charge in [-0.3, -0.25) is 4.79 Å². The summed E-state index contributed by atoms with van der Waals surface area (Å²) >= 11 is 0. The van der Waals surface area contributed by atoms with E-state index in [0.29, 0.717) is 0 Å². The van der Waals surface area contributed by atoms with Gasteiger partial charge in [0.05, 0.1) is 13.2 Å². The van der Waals surface area contributed by atoms with Crippen LogP contribution in [0.4, 0.5) is 0 Å². The molecule has 0 rings (SSSR count). The summed E-state index contributed by atoms with van der Waals surface area (Å²) in [4.78, 5) is 33.0. The zero-order valence-electron chi connectivity index (χ0n) is 8.87. The van der Waals surface area contributed by atoms with Crippen molar-refractivity contribution in [3.8, 4) is 0 Å². The summed E-state index contributed by atoms with van der Waals surface area (Å²) in [6.45, 7) is 6.90. The van der Waals surface area contributed by atoms with E-state index in [-0.39, 0.29) is 25.2 Å². The van der Waals surface area contributed by atoms with Crippen LogP contribution in [0.25, 0.3) is 0 Å². The number of carbonyl (C=O) groups is 3. The van der Waals surface area contributed by atoms with Gasteiger partial charge < -0.3 is 9.47 Å². The maximum absolute atomic E-state index is 11.1. The van der Waals surface area contributed by atoms with E-state index in [2.05, 4.69) is 16.1 Å². The quantitative estimate of drug-likeness (QED) is 0.368. The first-order valence-corrected chi connectivity index (χ1v) is 4.57. The average Bonchev–Trinajstić information content (AvgIpc) is 2.18. The Balaban J connectivity index is 4.12. The number of ether oxygens (including phenoxy) is 2. The van der Waals surface area contributed by atoms with Crippen LogP contribution in [-0.2, 0) is 23.9 Å². The highest BCUT2D eigenvalue weighted by Crippen LogP contribution is 2.03. The molecular formula is C10H14O5. The van der Waals surface area contributed by atoms with Crippen LogP contribution in [0.5, 0.6) is 0 Å². The molecule has 0 atom stereocenters. The second-order valence-electron chi connectivity index (χ2n) is 2.64. The van der Waals surface area contributed by atoms with Gasteiger partial charge >= 0.3 is 11.9 Å². The standard InChI is InChI=1S/C10H14O5/c1-4-14-9(12)7(3)6-8(11)10(13)15-5-2/h3-6H2,1-2H3. The van der Waals surface area contributed by atoms with Gasteiger partial charge in [0.25, 0.3) is 0 Å². The number of rotatable bonds is 6. The molecule has 0 unspecified atom stereocenters. The summed E-state index contributed by atoms with van der Waals surface area (Å²) in [5.74, 6) is -2.42. The molecule has 0 aliphatic rings. The third-order valence-corrected chi connectivity index (χ3v) is 1.44. The Morgan fingerprint density at radius 1 is 1.00 bits per heavy atom. The van der Waals surface area contributed by atoms with Crippen molar-refractivity contribution in [3.63, 3.8) is 0 Å². The van der Waals surface area contributed by atoms with Gasteiger partial charge in [-0.15, -0.1) is 0 Å². The van der Waals surface area contributed by atoms with Crippen LogP contribution < -0.4 is 0 Å². The lowest BCUT2D eigenvalue weighted by Crippen LogP contribution is -2.20. The van der Waals surface area contributed by atoms with E-state index in [9.17, 15) is 14.4 Å². The predicted octanol–water partition coefficient (Wildman–Crippen LogP) is 0.628. The van der Waals surface area contributed by atoms with Crippen LogP contribution in [0.1, 0.15) is 20.3 Å². The largest absolute Gasteiger partial charge is 0.463 e. The van der Waals surface area contributed by atoms with Crippen molar-refractivity contribution in [3.05, 3.63) is 12.2 Å². The van der Waals surface area contributed by atoms with Crippen molar-refractivity contribution in [1.29, 1.82) is 0 Å². The lowest BCUT2D eigenvalue weighted by atomic mass is 10.1. The van der Waals surface area contributed by atoms with Crippen LogP contribution in [0.15, 0.2) is 12.2 Å². The van der Waals surface area contributed by atoms with Crippen molar-refractivity contribution in [2.45, 2.75) is 20.3 Å². The van der Waals surface area contributed by atoms with Gasteiger partial charge in [-0.25, -0.2) is 9.59 Å². The molecule has 0 spiro atoms. The molecule has 0 amide bonds. The molecule has 0 radical (unpaired) electrons. The highest BCUT2D eigenvalue weighted by molar-refractivity contribution is 6.34. The zero-order chi connectivity index (χ0) is 11.8. The molecule has 5 heteroatoms. The molecule has 0 aliphatic heterocycles. The average molecular weight is 214 g/mol. The monoisotopic (exact) mass is 214 g/mol. The molecule has 0 aromatic carbocycles. The van der Waals surface area contributed by atoms with E-state index >= 15 is 0 Å². The van der Waals surface area contributed by atoms with Gasteiger partial charge in [0.15, 0.2) is 0 Å². The zero-order valence-corrected chi connectivity index (χ0v) is 8.87. The molecule has 5 nitrogen and oxygen atoms in total. The van der Waals surface area contributed by atoms with Crippen LogP contribution in [-0.4, -0.2) is 30.9 Å². The fraction of sp³-hybridized carbons (Fsp3) is 0.500. The Kier molecular flexibility index (Phi) is 6.01. The topological polar surface area (TPSA) is 69.7 Å². The maximum atomic E-state index is 11.1. The Morgan fingerprint density at radius 3 is 1.93 bits per heavy atom. The number of carbonyl (C=O) groups excluding carboxylic acids is 3. The van der Waals surface area contributed by atoms with Crippen LogP contribution in [0.3, 0.4) is 0 Å². The van der Waals surface area contributed by atoms with Crippen molar-refractivity contribution < 1.29 is 23.9 Å². The predicted molar refractivity (Wildman–Crippen MR) is 52.0 cm³/mol. The van der Waals surface area contributed by atoms with Crippen molar-refractivity contribution in [1.82, 2.24) is 0 Å². The minimum absolute atomic E-state index is 0.0464. The summed E-state index contributed by atoms with van der Waals surface area (Å²) in [7, 11) is 0. The van der Waals surface area contributed by atoms with E-state index in [1.807, 2.05) is 0 Å². The molecule has 0 saturated carbocycles. The lowest BCUT2D eigenvalue weighted by Gasteiger charge is -2.04. The number of hydrogen-bond acceptors (Lipinski definition) is 5. The number of hydrogen-bond donors (Lipinski definition) is 0. The van der Waals surface area contributed by atoms with E-state index in [4.69, 9.17) is 0 Å². The summed E-state index contributed by atoms with van der Waals surface area (Å²) in [5.41, 5.74) is -0.0464. The third-order valence-electron chi connectivity index (χ3n) is 1.44. The maximum Gasteiger partial charge on any atom is 0.374 e. The molecule has 0 bridgehead atoms. The molecule has 0 N–H and O–H groups in total. The smallest absolute Gasteiger partial charge is 0.374 e. The summed E-state index contributed by atoms with van der Waals surface area (Å²) in [6.07, 6.45) is -0.363. The lowest BCUT2D eigenvalue weighted by molar-refractivity contribution is -0.153. The Labute approximate surface area is 88.0 Å².